The molecule has 1 amide bonds. The van der Waals surface area contributed by atoms with Crippen LogP contribution in [0.1, 0.15) is 33.6 Å². The third-order valence-electron chi connectivity index (χ3n) is 2.20. The summed E-state index contributed by atoms with van der Waals surface area (Å²) in [5, 5.41) is 10.3. The molecule has 0 radical (unpaired) electrons. The number of carboxylic acids is 1. The molecule has 0 aromatic heterocycles. The molecule has 5 heteroatoms. The van der Waals surface area contributed by atoms with Crippen LogP contribution >= 0.6 is 11.8 Å². The minimum Gasteiger partial charge on any atom is -0.479 e. The van der Waals surface area contributed by atoms with Gasteiger partial charge in [-0.05, 0) is 39.9 Å². The van der Waals surface area contributed by atoms with E-state index in [-0.39, 0.29) is 5.91 Å². The fraction of sp³-hybridized carbons (Fsp3) is 0.538. The Morgan fingerprint density at radius 3 is 2.39 bits per heavy atom. The summed E-state index contributed by atoms with van der Waals surface area (Å²) in [6, 6.07) is 0. The highest BCUT2D eigenvalue weighted by Crippen LogP contribution is 2.07. The Bertz CT molecular complexity index is 357. The second-order valence-electron chi connectivity index (χ2n) is 4.27. The predicted octanol–water partition coefficient (Wildman–Crippen LogP) is 2.57. The molecule has 0 bridgehead atoms. The van der Waals surface area contributed by atoms with Gasteiger partial charge in [-0.2, -0.15) is 0 Å². The van der Waals surface area contributed by atoms with Crippen molar-refractivity contribution in [2.45, 2.75) is 39.0 Å². The van der Waals surface area contributed by atoms with E-state index in [1.807, 2.05) is 20.8 Å². The maximum absolute atomic E-state index is 11.5. The molecule has 0 aromatic rings. The summed E-state index contributed by atoms with van der Waals surface area (Å²) in [4.78, 5) is 22.3. The van der Waals surface area contributed by atoms with Crippen molar-refractivity contribution >= 4 is 23.6 Å². The molecule has 0 spiro atoms. The molecule has 102 valence electrons. The third kappa shape index (κ3) is 7.95. The molecule has 0 aliphatic heterocycles. The Balaban J connectivity index is 4.27. The SMILES string of the molecule is CSC(NC(=O)/C=C(\C)CCC=C(C)C)C(=O)O. The van der Waals surface area contributed by atoms with E-state index >= 15 is 0 Å². The zero-order valence-electron chi connectivity index (χ0n) is 11.3. The lowest BCUT2D eigenvalue weighted by molar-refractivity contribution is -0.138. The van der Waals surface area contributed by atoms with Crippen LogP contribution in [0, 0.1) is 0 Å². The van der Waals surface area contributed by atoms with Crippen LogP contribution in [0.4, 0.5) is 0 Å². The zero-order valence-corrected chi connectivity index (χ0v) is 12.1. The number of nitrogens with one attached hydrogen (secondary N) is 1. The van der Waals surface area contributed by atoms with E-state index in [2.05, 4.69) is 11.4 Å². The van der Waals surface area contributed by atoms with Crippen LogP contribution < -0.4 is 5.32 Å². The second-order valence-corrected chi connectivity index (χ2v) is 5.22. The fourth-order valence-corrected chi connectivity index (χ4v) is 1.71. The lowest BCUT2D eigenvalue weighted by Gasteiger charge is -2.10. The molecule has 0 saturated heterocycles. The normalized spacial score (nSPS) is 12.8. The van der Waals surface area contributed by atoms with Crippen molar-refractivity contribution in [3.8, 4) is 0 Å². The number of allylic oxidation sites excluding steroid dienone is 3. The van der Waals surface area contributed by atoms with Crippen LogP contribution in [-0.4, -0.2) is 28.6 Å². The topological polar surface area (TPSA) is 66.4 Å². The molecule has 1 atom stereocenters. The van der Waals surface area contributed by atoms with Gasteiger partial charge in [-0.25, -0.2) is 4.79 Å². The van der Waals surface area contributed by atoms with E-state index in [0.717, 1.165) is 30.2 Å². The smallest absolute Gasteiger partial charge is 0.336 e. The van der Waals surface area contributed by atoms with Crippen LogP contribution in [0.2, 0.25) is 0 Å². The molecule has 1 unspecified atom stereocenters. The Morgan fingerprint density at radius 1 is 1.33 bits per heavy atom. The zero-order chi connectivity index (χ0) is 14.1. The van der Waals surface area contributed by atoms with E-state index in [9.17, 15) is 9.59 Å². The van der Waals surface area contributed by atoms with Gasteiger partial charge in [-0.1, -0.05) is 17.2 Å². The van der Waals surface area contributed by atoms with Crippen LogP contribution in [0.3, 0.4) is 0 Å². The minimum atomic E-state index is -1.04. The minimum absolute atomic E-state index is 0.355. The summed E-state index contributed by atoms with van der Waals surface area (Å²) in [5.41, 5.74) is 2.19. The number of carbonyl (C=O) groups is 2. The number of aliphatic carboxylic acids is 1. The molecule has 18 heavy (non-hydrogen) atoms. The molecule has 0 rings (SSSR count). The number of hydrogen-bond acceptors (Lipinski definition) is 3. The van der Waals surface area contributed by atoms with Crippen molar-refractivity contribution in [2.24, 2.45) is 0 Å². The maximum Gasteiger partial charge on any atom is 0.336 e. The average molecular weight is 271 g/mol. The van der Waals surface area contributed by atoms with Gasteiger partial charge in [0.05, 0.1) is 0 Å². The van der Waals surface area contributed by atoms with Crippen LogP contribution in [0.25, 0.3) is 0 Å². The first-order valence-electron chi connectivity index (χ1n) is 5.73. The number of carbonyl (C=O) groups excluding carboxylic acids is 1. The molecule has 0 aliphatic rings. The van der Waals surface area contributed by atoms with Gasteiger partial charge in [0.2, 0.25) is 5.91 Å². The molecule has 0 saturated carbocycles. The summed E-state index contributed by atoms with van der Waals surface area (Å²) in [6.45, 7) is 5.93. The van der Waals surface area contributed by atoms with E-state index in [1.165, 1.54) is 11.6 Å². The van der Waals surface area contributed by atoms with Crippen molar-refractivity contribution < 1.29 is 14.7 Å². The van der Waals surface area contributed by atoms with Gasteiger partial charge in [0.25, 0.3) is 0 Å². The average Bonchev–Trinajstić information content (AvgIpc) is 2.24. The quantitative estimate of drug-likeness (QED) is 0.424. The Hall–Kier alpha value is -1.23. The monoisotopic (exact) mass is 271 g/mol. The first-order chi connectivity index (χ1) is 8.36. The van der Waals surface area contributed by atoms with Gasteiger partial charge in [0, 0.05) is 6.08 Å². The summed E-state index contributed by atoms with van der Waals surface area (Å²) in [6.07, 6.45) is 6.91. The Morgan fingerprint density at radius 2 is 1.94 bits per heavy atom. The van der Waals surface area contributed by atoms with Gasteiger partial charge in [0.1, 0.15) is 0 Å². The largest absolute Gasteiger partial charge is 0.479 e. The summed E-state index contributed by atoms with van der Waals surface area (Å²) < 4.78 is 0. The lowest BCUT2D eigenvalue weighted by atomic mass is 10.1. The van der Waals surface area contributed by atoms with Gasteiger partial charge < -0.3 is 10.4 Å². The lowest BCUT2D eigenvalue weighted by Crippen LogP contribution is -2.37. The number of carboxylic acid groups (broad SMARTS) is 1. The number of thioether (sulfide) groups is 1. The molecule has 0 fully saturated rings. The van der Waals surface area contributed by atoms with Gasteiger partial charge in [0.15, 0.2) is 5.37 Å². The molecular formula is C13H21NO3S. The highest BCUT2D eigenvalue weighted by molar-refractivity contribution is 7.99. The van der Waals surface area contributed by atoms with Crippen LogP contribution in [-0.2, 0) is 9.59 Å². The van der Waals surface area contributed by atoms with Gasteiger partial charge in [-0.15, -0.1) is 11.8 Å². The first kappa shape index (κ1) is 16.8. The summed E-state index contributed by atoms with van der Waals surface area (Å²) >= 11 is 1.08. The second kappa shape index (κ2) is 8.80. The van der Waals surface area contributed by atoms with Crippen molar-refractivity contribution in [1.82, 2.24) is 5.32 Å². The molecule has 0 aromatic carbocycles. The van der Waals surface area contributed by atoms with Crippen molar-refractivity contribution in [3.05, 3.63) is 23.3 Å². The number of hydrogen-bond donors (Lipinski definition) is 2. The van der Waals surface area contributed by atoms with Crippen LogP contribution in [0.5, 0.6) is 0 Å². The first-order valence-corrected chi connectivity index (χ1v) is 7.02. The van der Waals surface area contributed by atoms with Crippen LogP contribution in [0.15, 0.2) is 23.3 Å². The maximum atomic E-state index is 11.5. The molecule has 0 aliphatic carbocycles. The van der Waals surface area contributed by atoms with E-state index in [1.54, 1.807) is 6.26 Å². The van der Waals surface area contributed by atoms with E-state index in [4.69, 9.17) is 5.11 Å². The summed E-state index contributed by atoms with van der Waals surface area (Å²) in [7, 11) is 0. The highest BCUT2D eigenvalue weighted by atomic mass is 32.2. The van der Waals surface area contributed by atoms with E-state index in [0.29, 0.717) is 0 Å². The summed E-state index contributed by atoms with van der Waals surface area (Å²) in [5.74, 6) is -1.39. The van der Waals surface area contributed by atoms with Crippen molar-refractivity contribution in [1.29, 1.82) is 0 Å². The van der Waals surface area contributed by atoms with Gasteiger partial charge in [-0.3, -0.25) is 4.79 Å². The fourth-order valence-electron chi connectivity index (χ4n) is 1.28. The third-order valence-corrected chi connectivity index (χ3v) is 2.99. The number of rotatable bonds is 7. The number of amides is 1. The van der Waals surface area contributed by atoms with Gasteiger partial charge >= 0.3 is 5.97 Å². The van der Waals surface area contributed by atoms with E-state index < -0.39 is 11.3 Å². The Kier molecular flexibility index (Phi) is 8.20. The predicted molar refractivity (Wildman–Crippen MR) is 75.5 cm³/mol. The highest BCUT2D eigenvalue weighted by Gasteiger charge is 2.16. The molecule has 2 N–H and O–H groups in total. The standard InChI is InChI=1S/C13H21NO3S/c1-9(2)6-5-7-10(3)8-11(15)14-12(18-4)13(16)17/h6,8,12H,5,7H2,1-4H3,(H,14,15)(H,16,17)/b10-8+. The molecule has 0 heterocycles. The van der Waals surface area contributed by atoms with Crippen molar-refractivity contribution in [3.63, 3.8) is 0 Å². The Labute approximate surface area is 113 Å². The molecule has 4 nitrogen and oxygen atoms in total. The van der Waals surface area contributed by atoms with Crippen molar-refractivity contribution in [2.75, 3.05) is 6.26 Å². The molecular weight excluding hydrogens is 250 g/mol.